The van der Waals surface area contributed by atoms with Crippen molar-refractivity contribution in [3.8, 4) is 0 Å². The van der Waals surface area contributed by atoms with Crippen LogP contribution in [0, 0.1) is 5.92 Å². The second-order valence-electron chi connectivity index (χ2n) is 7.63. The zero-order valence-corrected chi connectivity index (χ0v) is 18.6. The Labute approximate surface area is 178 Å². The number of benzene rings is 2. The van der Waals surface area contributed by atoms with Crippen molar-refractivity contribution >= 4 is 42.1 Å². The lowest BCUT2D eigenvalue weighted by Gasteiger charge is -2.30. The van der Waals surface area contributed by atoms with Crippen molar-refractivity contribution in [2.45, 2.75) is 55.9 Å². The lowest BCUT2D eigenvalue weighted by molar-refractivity contribution is -0.160. The minimum absolute atomic E-state index is 0.287. The first-order valence-corrected chi connectivity index (χ1v) is 12.8. The Morgan fingerprint density at radius 2 is 1.97 bits per heavy atom. The fourth-order valence-electron chi connectivity index (χ4n) is 4.16. The van der Waals surface area contributed by atoms with Crippen LogP contribution in [0.1, 0.15) is 45.4 Å². The number of hydrogen-bond acceptors (Lipinski definition) is 4. The molecule has 3 rings (SSSR count). The molecule has 2 aromatic rings. The standard InChI is InChI=1S/C23H29O4PS/c1-2-27-23(22(24)25,15-18-9-4-3-5-10-18)16-28(26)17-29-21-14-8-12-19-11-6-7-13-20(19)21/h6-8,11-14,16,18H,2-5,9-10,15,17H2,1H3,(H,24,25). The molecule has 0 radical (unpaired) electrons. The Morgan fingerprint density at radius 3 is 2.69 bits per heavy atom. The van der Waals surface area contributed by atoms with E-state index >= 15 is 0 Å². The van der Waals surface area contributed by atoms with E-state index in [0.29, 0.717) is 17.8 Å². The molecular formula is C23H29O4PS. The molecule has 1 aliphatic carbocycles. The minimum atomic E-state index is -1.84. The number of rotatable bonds is 9. The van der Waals surface area contributed by atoms with Gasteiger partial charge in [-0.15, -0.1) is 0 Å². The van der Waals surface area contributed by atoms with Gasteiger partial charge in [0.2, 0.25) is 5.60 Å². The van der Waals surface area contributed by atoms with Crippen LogP contribution < -0.4 is 4.89 Å². The van der Waals surface area contributed by atoms with Gasteiger partial charge >= 0.3 is 5.97 Å². The van der Waals surface area contributed by atoms with Crippen molar-refractivity contribution in [3.05, 3.63) is 42.5 Å². The minimum Gasteiger partial charge on any atom is -0.630 e. The number of carbonyl (C=O) groups is 1. The van der Waals surface area contributed by atoms with Gasteiger partial charge in [0.1, 0.15) is 5.80 Å². The Morgan fingerprint density at radius 1 is 1.24 bits per heavy atom. The van der Waals surface area contributed by atoms with Gasteiger partial charge in [0.25, 0.3) is 0 Å². The summed E-state index contributed by atoms with van der Waals surface area (Å²) < 4.78 is 5.74. The van der Waals surface area contributed by atoms with Crippen LogP contribution in [0.3, 0.4) is 0 Å². The highest BCUT2D eigenvalue weighted by molar-refractivity contribution is 8.04. The molecule has 0 spiro atoms. The highest BCUT2D eigenvalue weighted by Gasteiger charge is 2.43. The van der Waals surface area contributed by atoms with Gasteiger partial charge in [0.05, 0.1) is 7.77 Å². The van der Waals surface area contributed by atoms with Crippen LogP contribution in [0.15, 0.2) is 47.4 Å². The second kappa shape index (κ2) is 10.6. The van der Waals surface area contributed by atoms with Gasteiger partial charge in [-0.25, -0.2) is 4.79 Å². The van der Waals surface area contributed by atoms with E-state index < -0.39 is 19.3 Å². The molecule has 156 valence electrons. The third-order valence-electron chi connectivity index (χ3n) is 5.53. The molecule has 1 aliphatic rings. The average molecular weight is 433 g/mol. The lowest BCUT2D eigenvalue weighted by Crippen LogP contribution is -2.45. The fourth-order valence-corrected chi connectivity index (χ4v) is 6.79. The maximum atomic E-state index is 12.9. The zero-order valence-electron chi connectivity index (χ0n) is 16.9. The molecule has 6 heteroatoms. The van der Waals surface area contributed by atoms with Gasteiger partial charge in [-0.05, 0) is 36.1 Å². The van der Waals surface area contributed by atoms with Crippen LogP contribution in [0.2, 0.25) is 0 Å². The van der Waals surface area contributed by atoms with E-state index in [2.05, 4.69) is 18.2 Å². The molecule has 4 nitrogen and oxygen atoms in total. The van der Waals surface area contributed by atoms with Gasteiger partial charge in [-0.1, -0.05) is 80.3 Å². The normalized spacial score (nSPS) is 17.9. The van der Waals surface area contributed by atoms with Gasteiger partial charge in [0.15, 0.2) is 5.49 Å². The maximum absolute atomic E-state index is 12.9. The van der Waals surface area contributed by atoms with Crippen molar-refractivity contribution in [1.29, 1.82) is 0 Å². The molecule has 0 heterocycles. The van der Waals surface area contributed by atoms with Crippen LogP contribution in [0.5, 0.6) is 0 Å². The number of thioether (sulfide) groups is 1. The molecule has 2 unspecified atom stereocenters. The van der Waals surface area contributed by atoms with E-state index in [1.807, 2.05) is 24.3 Å². The van der Waals surface area contributed by atoms with Crippen molar-refractivity contribution in [1.82, 2.24) is 0 Å². The first-order valence-electron chi connectivity index (χ1n) is 10.3. The van der Waals surface area contributed by atoms with Crippen LogP contribution in [0.4, 0.5) is 0 Å². The summed E-state index contributed by atoms with van der Waals surface area (Å²) in [7, 11) is -1.84. The van der Waals surface area contributed by atoms with Crippen molar-refractivity contribution in [2.75, 3.05) is 12.1 Å². The predicted molar refractivity (Wildman–Crippen MR) is 121 cm³/mol. The van der Waals surface area contributed by atoms with E-state index in [1.54, 1.807) is 6.92 Å². The maximum Gasteiger partial charge on any atom is 0.344 e. The summed E-state index contributed by atoms with van der Waals surface area (Å²) in [5, 5.41) is 12.2. The average Bonchev–Trinajstić information content (AvgIpc) is 2.73. The van der Waals surface area contributed by atoms with Crippen molar-refractivity contribution < 1.29 is 19.5 Å². The van der Waals surface area contributed by atoms with Crippen LogP contribution in [-0.2, 0) is 9.53 Å². The summed E-state index contributed by atoms with van der Waals surface area (Å²) in [5.41, 5.74) is -1.11. The first-order chi connectivity index (χ1) is 14.0. The van der Waals surface area contributed by atoms with Gasteiger partial charge in [-0.3, -0.25) is 0 Å². The van der Waals surface area contributed by atoms with Crippen LogP contribution in [0.25, 0.3) is 10.8 Å². The molecule has 2 aromatic carbocycles. The molecule has 1 N–H and O–H groups in total. The molecule has 0 bridgehead atoms. The molecule has 0 aromatic heterocycles. The molecule has 0 aliphatic heterocycles. The number of ether oxygens (including phenoxy) is 1. The lowest BCUT2D eigenvalue weighted by atomic mass is 9.81. The molecule has 1 fully saturated rings. The quantitative estimate of drug-likeness (QED) is 0.431. The highest BCUT2D eigenvalue weighted by atomic mass is 32.2. The van der Waals surface area contributed by atoms with Crippen LogP contribution >= 0.6 is 19.5 Å². The molecule has 2 atom stereocenters. The van der Waals surface area contributed by atoms with E-state index in [1.165, 1.54) is 24.0 Å². The third-order valence-corrected chi connectivity index (χ3v) is 8.44. The Balaban J connectivity index is 1.77. The zero-order chi connectivity index (χ0) is 20.7. The van der Waals surface area contributed by atoms with Crippen LogP contribution in [-0.4, -0.2) is 34.6 Å². The third kappa shape index (κ3) is 5.82. The largest absolute Gasteiger partial charge is 0.630 e. The Bertz CT molecular complexity index is 858. The predicted octanol–water partition coefficient (Wildman–Crippen LogP) is 5.28. The summed E-state index contributed by atoms with van der Waals surface area (Å²) >= 11 is 1.51. The monoisotopic (exact) mass is 432 g/mol. The number of carboxylic acids is 1. The smallest absolute Gasteiger partial charge is 0.344 e. The molecular weight excluding hydrogens is 403 g/mol. The van der Waals surface area contributed by atoms with Gasteiger partial charge in [-0.2, -0.15) is 0 Å². The van der Waals surface area contributed by atoms with E-state index in [4.69, 9.17) is 4.74 Å². The molecule has 0 amide bonds. The summed E-state index contributed by atoms with van der Waals surface area (Å²) in [5.74, 6) is 0.765. The fraction of sp³-hybridized carbons (Fsp3) is 0.478. The number of hydrogen-bond donors (Lipinski definition) is 1. The first kappa shape index (κ1) is 22.3. The summed E-state index contributed by atoms with van der Waals surface area (Å²) in [4.78, 5) is 26.2. The summed E-state index contributed by atoms with van der Waals surface area (Å²) in [6.07, 6.45) is 5.95. The van der Waals surface area contributed by atoms with Gasteiger partial charge in [0, 0.05) is 11.5 Å². The molecule has 0 saturated heterocycles. The second-order valence-corrected chi connectivity index (χ2v) is 10.5. The van der Waals surface area contributed by atoms with E-state index in [-0.39, 0.29) is 6.61 Å². The SMILES string of the molecule is CCOC(C=[P+]([O-])CSc1cccc2ccccc12)(CC1CCCCC1)C(=O)O. The summed E-state index contributed by atoms with van der Waals surface area (Å²) in [6, 6.07) is 14.2. The number of carboxylic acid groups (broad SMARTS) is 1. The Kier molecular flexibility index (Phi) is 8.14. The molecule has 1 saturated carbocycles. The summed E-state index contributed by atoms with van der Waals surface area (Å²) in [6.45, 7) is 2.08. The van der Waals surface area contributed by atoms with Crippen molar-refractivity contribution in [2.24, 2.45) is 5.92 Å². The number of fused-ring (bicyclic) bond motifs is 1. The topological polar surface area (TPSA) is 69.6 Å². The van der Waals surface area contributed by atoms with E-state index in [0.717, 1.165) is 41.4 Å². The number of aliphatic carboxylic acids is 1. The highest BCUT2D eigenvalue weighted by Crippen LogP contribution is 2.36. The Hall–Kier alpha value is -1.39. The van der Waals surface area contributed by atoms with Gasteiger partial charge < -0.3 is 14.7 Å². The molecule has 29 heavy (non-hydrogen) atoms. The van der Waals surface area contributed by atoms with E-state index in [9.17, 15) is 14.8 Å². The van der Waals surface area contributed by atoms with Crippen molar-refractivity contribution in [3.63, 3.8) is 0 Å².